The van der Waals surface area contributed by atoms with Gasteiger partial charge in [0, 0.05) is 25.2 Å². The van der Waals surface area contributed by atoms with Crippen LogP contribution in [-0.2, 0) is 6.42 Å². The molecule has 0 aliphatic heterocycles. The van der Waals surface area contributed by atoms with Gasteiger partial charge in [0.1, 0.15) is 0 Å². The highest BCUT2D eigenvalue weighted by molar-refractivity contribution is 5.94. The molecule has 2 rings (SSSR count). The Balaban J connectivity index is 2.25. The van der Waals surface area contributed by atoms with Crippen molar-refractivity contribution in [3.05, 3.63) is 42.0 Å². The highest BCUT2D eigenvalue weighted by atomic mass is 15.1. The van der Waals surface area contributed by atoms with Crippen LogP contribution in [0.4, 0.5) is 5.69 Å². The monoisotopic (exact) mass is 256 g/mol. The van der Waals surface area contributed by atoms with E-state index in [-0.39, 0.29) is 0 Å². The predicted molar refractivity (Wildman–Crippen MR) is 85.1 cm³/mol. The molecule has 0 saturated heterocycles. The Bertz CT molecular complexity index is 532. The fourth-order valence-electron chi connectivity index (χ4n) is 2.40. The first-order valence-electron chi connectivity index (χ1n) is 7.12. The molecule has 0 spiro atoms. The van der Waals surface area contributed by atoms with Crippen molar-refractivity contribution in [3.8, 4) is 0 Å². The summed E-state index contributed by atoms with van der Waals surface area (Å²) in [7, 11) is 4.22. The normalized spacial score (nSPS) is 10.9. The molecule has 0 heterocycles. The van der Waals surface area contributed by atoms with Crippen LogP contribution >= 0.6 is 0 Å². The molecule has 2 aromatic rings. The molecule has 2 nitrogen and oxygen atoms in total. The maximum absolute atomic E-state index is 3.47. The molecule has 19 heavy (non-hydrogen) atoms. The summed E-state index contributed by atoms with van der Waals surface area (Å²) in [5, 5.41) is 6.13. The second kappa shape index (κ2) is 6.58. The smallest absolute Gasteiger partial charge is 0.0443 e. The van der Waals surface area contributed by atoms with Gasteiger partial charge in [-0.25, -0.2) is 0 Å². The molecule has 1 N–H and O–H groups in total. The molecule has 0 saturated carbocycles. The van der Waals surface area contributed by atoms with Gasteiger partial charge in [-0.2, -0.15) is 0 Å². The lowest BCUT2D eigenvalue weighted by Gasteiger charge is -2.17. The van der Waals surface area contributed by atoms with Crippen molar-refractivity contribution in [2.75, 3.05) is 32.1 Å². The summed E-state index contributed by atoms with van der Waals surface area (Å²) in [5.41, 5.74) is 2.72. The summed E-state index contributed by atoms with van der Waals surface area (Å²) >= 11 is 0. The number of nitrogens with zero attached hydrogens (tertiary/aromatic N) is 1. The SMILES string of the molecule is CCCNCCc1cc(N(C)C)c2ccccc2c1. The lowest BCUT2D eigenvalue weighted by Crippen LogP contribution is -2.18. The molecule has 0 amide bonds. The minimum atomic E-state index is 1.05. The number of fused-ring (bicyclic) bond motifs is 1. The number of hydrogen-bond acceptors (Lipinski definition) is 2. The molecule has 0 unspecified atom stereocenters. The van der Waals surface area contributed by atoms with E-state index in [4.69, 9.17) is 0 Å². The Labute approximate surface area is 116 Å². The summed E-state index contributed by atoms with van der Waals surface area (Å²) in [6, 6.07) is 13.2. The fourth-order valence-corrected chi connectivity index (χ4v) is 2.40. The van der Waals surface area contributed by atoms with Crippen LogP contribution in [0.5, 0.6) is 0 Å². The van der Waals surface area contributed by atoms with E-state index < -0.39 is 0 Å². The first kappa shape index (κ1) is 13.9. The highest BCUT2D eigenvalue weighted by Crippen LogP contribution is 2.27. The Hall–Kier alpha value is -1.54. The number of benzene rings is 2. The Morgan fingerprint density at radius 3 is 2.58 bits per heavy atom. The van der Waals surface area contributed by atoms with Gasteiger partial charge in [0.15, 0.2) is 0 Å². The number of anilines is 1. The first-order chi connectivity index (χ1) is 9.22. The maximum atomic E-state index is 3.47. The second-order valence-electron chi connectivity index (χ2n) is 5.23. The molecule has 0 aromatic heterocycles. The zero-order chi connectivity index (χ0) is 13.7. The van der Waals surface area contributed by atoms with Crippen molar-refractivity contribution in [2.45, 2.75) is 19.8 Å². The number of hydrogen-bond donors (Lipinski definition) is 1. The number of nitrogens with one attached hydrogen (secondary N) is 1. The lowest BCUT2D eigenvalue weighted by atomic mass is 10.0. The first-order valence-corrected chi connectivity index (χ1v) is 7.12. The maximum Gasteiger partial charge on any atom is 0.0443 e. The van der Waals surface area contributed by atoms with Crippen LogP contribution < -0.4 is 10.2 Å². The van der Waals surface area contributed by atoms with Gasteiger partial charge in [0.25, 0.3) is 0 Å². The largest absolute Gasteiger partial charge is 0.377 e. The van der Waals surface area contributed by atoms with E-state index in [1.54, 1.807) is 0 Å². The van der Waals surface area contributed by atoms with Gasteiger partial charge in [-0.3, -0.25) is 0 Å². The third-order valence-electron chi connectivity index (χ3n) is 3.40. The van der Waals surface area contributed by atoms with Gasteiger partial charge < -0.3 is 10.2 Å². The average Bonchev–Trinajstić information content (AvgIpc) is 2.42. The van der Waals surface area contributed by atoms with Crippen molar-refractivity contribution >= 4 is 16.5 Å². The van der Waals surface area contributed by atoms with E-state index in [1.165, 1.54) is 28.4 Å². The Morgan fingerprint density at radius 1 is 1.05 bits per heavy atom. The lowest BCUT2D eigenvalue weighted by molar-refractivity contribution is 0.671. The quantitative estimate of drug-likeness (QED) is 0.796. The van der Waals surface area contributed by atoms with Crippen molar-refractivity contribution in [2.24, 2.45) is 0 Å². The summed E-state index contributed by atoms with van der Waals surface area (Å²) < 4.78 is 0. The summed E-state index contributed by atoms with van der Waals surface area (Å²) in [6.07, 6.45) is 2.28. The van der Waals surface area contributed by atoms with Crippen LogP contribution in [0.3, 0.4) is 0 Å². The molecule has 2 heteroatoms. The van der Waals surface area contributed by atoms with Gasteiger partial charge in [-0.15, -0.1) is 0 Å². The molecule has 0 bridgehead atoms. The van der Waals surface area contributed by atoms with Crippen LogP contribution in [0.25, 0.3) is 10.8 Å². The third kappa shape index (κ3) is 3.48. The van der Waals surface area contributed by atoms with Crippen LogP contribution in [-0.4, -0.2) is 27.2 Å². The topological polar surface area (TPSA) is 15.3 Å². The van der Waals surface area contributed by atoms with Gasteiger partial charge >= 0.3 is 0 Å². The van der Waals surface area contributed by atoms with E-state index in [9.17, 15) is 0 Å². The molecular weight excluding hydrogens is 232 g/mol. The van der Waals surface area contributed by atoms with E-state index in [2.05, 4.69) is 67.6 Å². The Kier molecular flexibility index (Phi) is 4.80. The van der Waals surface area contributed by atoms with E-state index in [0.29, 0.717) is 0 Å². The van der Waals surface area contributed by atoms with Crippen molar-refractivity contribution in [3.63, 3.8) is 0 Å². The van der Waals surface area contributed by atoms with Crippen molar-refractivity contribution < 1.29 is 0 Å². The van der Waals surface area contributed by atoms with Crippen LogP contribution in [0.2, 0.25) is 0 Å². The fraction of sp³-hybridized carbons (Fsp3) is 0.412. The molecule has 0 fully saturated rings. The third-order valence-corrected chi connectivity index (χ3v) is 3.40. The van der Waals surface area contributed by atoms with Crippen LogP contribution in [0.1, 0.15) is 18.9 Å². The summed E-state index contributed by atoms with van der Waals surface area (Å²) in [5.74, 6) is 0. The van der Waals surface area contributed by atoms with Gasteiger partial charge in [0.05, 0.1) is 0 Å². The van der Waals surface area contributed by atoms with Crippen molar-refractivity contribution in [1.29, 1.82) is 0 Å². The Morgan fingerprint density at radius 2 is 1.84 bits per heavy atom. The van der Waals surface area contributed by atoms with Crippen LogP contribution in [0.15, 0.2) is 36.4 Å². The molecular formula is C17H24N2. The highest BCUT2D eigenvalue weighted by Gasteiger charge is 2.05. The molecule has 102 valence electrons. The average molecular weight is 256 g/mol. The minimum absolute atomic E-state index is 1.05. The second-order valence-corrected chi connectivity index (χ2v) is 5.23. The predicted octanol–water partition coefficient (Wildman–Crippen LogP) is 3.45. The zero-order valence-electron chi connectivity index (χ0n) is 12.2. The molecule has 2 aromatic carbocycles. The summed E-state index contributed by atoms with van der Waals surface area (Å²) in [4.78, 5) is 2.20. The van der Waals surface area contributed by atoms with E-state index >= 15 is 0 Å². The molecule has 0 atom stereocenters. The van der Waals surface area contributed by atoms with E-state index in [1.807, 2.05) is 0 Å². The summed E-state index contributed by atoms with van der Waals surface area (Å²) in [6.45, 7) is 4.36. The van der Waals surface area contributed by atoms with Crippen molar-refractivity contribution in [1.82, 2.24) is 5.32 Å². The van der Waals surface area contributed by atoms with E-state index in [0.717, 1.165) is 19.5 Å². The van der Waals surface area contributed by atoms with Gasteiger partial charge in [-0.05, 0) is 42.9 Å². The standard InChI is InChI=1S/C17H24N2/c1-4-10-18-11-9-14-12-15-7-5-6-8-16(15)17(13-14)19(2)3/h5-8,12-13,18H,4,9-11H2,1-3H3. The number of rotatable bonds is 6. The molecule has 0 aliphatic carbocycles. The zero-order valence-corrected chi connectivity index (χ0v) is 12.2. The van der Waals surface area contributed by atoms with Crippen LogP contribution in [0, 0.1) is 0 Å². The van der Waals surface area contributed by atoms with Gasteiger partial charge in [0.2, 0.25) is 0 Å². The molecule has 0 aliphatic rings. The molecule has 0 radical (unpaired) electrons. The minimum Gasteiger partial charge on any atom is -0.377 e. The van der Waals surface area contributed by atoms with Gasteiger partial charge in [-0.1, -0.05) is 37.3 Å².